The second kappa shape index (κ2) is 12.2. The topological polar surface area (TPSA) is 58.5 Å². The lowest BCUT2D eigenvalue weighted by atomic mass is 9.81. The van der Waals surface area contributed by atoms with Gasteiger partial charge in [0.1, 0.15) is 0 Å². The Balaban J connectivity index is 1.54. The molecule has 0 radical (unpaired) electrons. The van der Waals surface area contributed by atoms with Gasteiger partial charge in [0, 0.05) is 25.2 Å². The van der Waals surface area contributed by atoms with Crippen LogP contribution in [0.25, 0.3) is 11.0 Å². The van der Waals surface area contributed by atoms with Gasteiger partial charge in [-0.3, -0.25) is 4.98 Å². The zero-order valence-electron chi connectivity index (χ0n) is 19.3. The Morgan fingerprint density at radius 3 is 2.87 bits per heavy atom. The van der Waals surface area contributed by atoms with Crippen molar-refractivity contribution in [2.75, 3.05) is 26.7 Å². The number of aromatic nitrogens is 2. The van der Waals surface area contributed by atoms with Crippen LogP contribution in [0.15, 0.2) is 37.1 Å². The van der Waals surface area contributed by atoms with Crippen molar-refractivity contribution in [3.05, 3.63) is 42.6 Å². The quantitative estimate of drug-likeness (QED) is 0.382. The largest absolute Gasteiger partial charge is 0.481 e. The highest BCUT2D eigenvalue weighted by Crippen LogP contribution is 2.30. The third-order valence-corrected chi connectivity index (χ3v) is 6.65. The molecular formula is C26H39N3O2. The standard InChI is InChI=1S/C26H39N3O2/c1-4-6-7-8-9-15-29-16-13-21(20(5-2)19-29)17-23(30)18-22-12-14-27-24-10-11-25(31-3)28-26(22)24/h5,10-12,14,20-21,23,30H,2,4,6-9,13,15-19H2,1,3H3/t20-,21-,23+/m0/s1. The summed E-state index contributed by atoms with van der Waals surface area (Å²) in [7, 11) is 1.62. The van der Waals surface area contributed by atoms with E-state index < -0.39 is 6.10 Å². The molecule has 0 saturated carbocycles. The number of ether oxygens (including phenoxy) is 1. The van der Waals surface area contributed by atoms with Crippen molar-refractivity contribution in [1.82, 2.24) is 14.9 Å². The smallest absolute Gasteiger partial charge is 0.213 e. The number of aliphatic hydroxyl groups is 1. The van der Waals surface area contributed by atoms with Crippen molar-refractivity contribution in [3.8, 4) is 5.88 Å². The summed E-state index contributed by atoms with van der Waals surface area (Å²) in [5.41, 5.74) is 2.68. The van der Waals surface area contributed by atoms with Gasteiger partial charge in [0.05, 0.1) is 24.2 Å². The minimum absolute atomic E-state index is 0.397. The number of hydrogen-bond acceptors (Lipinski definition) is 5. The minimum atomic E-state index is -0.397. The minimum Gasteiger partial charge on any atom is -0.481 e. The number of rotatable bonds is 12. The van der Waals surface area contributed by atoms with Crippen molar-refractivity contribution < 1.29 is 9.84 Å². The highest BCUT2D eigenvalue weighted by molar-refractivity contribution is 5.78. The first-order chi connectivity index (χ1) is 15.1. The SMILES string of the molecule is C=C[C@H]1CN(CCCCCCC)CC[C@H]1C[C@@H](O)Cc1ccnc2ccc(OC)nc12. The van der Waals surface area contributed by atoms with Gasteiger partial charge in [-0.15, -0.1) is 6.58 Å². The summed E-state index contributed by atoms with van der Waals surface area (Å²) >= 11 is 0. The fourth-order valence-electron chi connectivity index (χ4n) is 4.83. The van der Waals surface area contributed by atoms with Crippen LogP contribution in [0.5, 0.6) is 5.88 Å². The van der Waals surface area contributed by atoms with Crippen LogP contribution in [-0.2, 0) is 6.42 Å². The molecule has 0 aromatic carbocycles. The lowest BCUT2D eigenvalue weighted by Gasteiger charge is -2.38. The predicted molar refractivity (Wildman–Crippen MR) is 127 cm³/mol. The Morgan fingerprint density at radius 1 is 1.26 bits per heavy atom. The Morgan fingerprint density at radius 2 is 2.10 bits per heavy atom. The van der Waals surface area contributed by atoms with Gasteiger partial charge in [-0.2, -0.15) is 0 Å². The first-order valence-electron chi connectivity index (χ1n) is 12.0. The molecule has 1 aliphatic heterocycles. The number of aliphatic hydroxyl groups excluding tert-OH is 1. The predicted octanol–water partition coefficient (Wildman–Crippen LogP) is 5.03. The number of fused-ring (bicyclic) bond motifs is 1. The maximum absolute atomic E-state index is 10.9. The number of nitrogens with zero attached hydrogens (tertiary/aromatic N) is 3. The summed E-state index contributed by atoms with van der Waals surface area (Å²) in [5.74, 6) is 1.51. The number of unbranched alkanes of at least 4 members (excludes halogenated alkanes) is 4. The molecule has 1 fully saturated rings. The summed E-state index contributed by atoms with van der Waals surface area (Å²) < 4.78 is 5.27. The molecule has 0 bridgehead atoms. The molecule has 2 aromatic rings. The first-order valence-corrected chi connectivity index (χ1v) is 12.0. The molecule has 5 heteroatoms. The Kier molecular flexibility index (Phi) is 9.29. The average molecular weight is 426 g/mol. The Bertz CT molecular complexity index is 825. The van der Waals surface area contributed by atoms with Crippen molar-refractivity contribution in [2.45, 2.75) is 64.4 Å². The maximum atomic E-state index is 10.9. The number of hydrogen-bond donors (Lipinski definition) is 1. The fourth-order valence-corrected chi connectivity index (χ4v) is 4.83. The van der Waals surface area contributed by atoms with Crippen LogP contribution in [0.4, 0.5) is 0 Å². The second-order valence-electron chi connectivity index (χ2n) is 8.95. The molecule has 170 valence electrons. The Hall–Kier alpha value is -1.98. The monoisotopic (exact) mass is 425 g/mol. The molecule has 3 rings (SSSR count). The zero-order valence-corrected chi connectivity index (χ0v) is 19.3. The molecule has 3 atom stereocenters. The number of methoxy groups -OCH3 is 1. The van der Waals surface area contributed by atoms with Crippen molar-refractivity contribution >= 4 is 11.0 Å². The number of likely N-dealkylation sites (tertiary alicyclic amines) is 1. The lowest BCUT2D eigenvalue weighted by Crippen LogP contribution is -2.41. The summed E-state index contributed by atoms with van der Waals surface area (Å²) in [4.78, 5) is 11.6. The Labute approximate surface area is 187 Å². The van der Waals surface area contributed by atoms with E-state index in [9.17, 15) is 5.11 Å². The van der Waals surface area contributed by atoms with Crippen LogP contribution >= 0.6 is 0 Å². The van der Waals surface area contributed by atoms with E-state index in [0.29, 0.717) is 24.1 Å². The summed E-state index contributed by atoms with van der Waals surface area (Å²) in [5, 5.41) is 10.9. The molecule has 3 heterocycles. The van der Waals surface area contributed by atoms with E-state index in [2.05, 4.69) is 34.4 Å². The normalized spacial score (nSPS) is 20.6. The molecule has 31 heavy (non-hydrogen) atoms. The molecule has 0 spiro atoms. The van der Waals surface area contributed by atoms with Gasteiger partial charge < -0.3 is 14.7 Å². The third kappa shape index (κ3) is 6.75. The van der Waals surface area contributed by atoms with Gasteiger partial charge in [-0.1, -0.05) is 38.7 Å². The van der Waals surface area contributed by atoms with E-state index in [4.69, 9.17) is 4.74 Å². The van der Waals surface area contributed by atoms with Gasteiger partial charge in [0.15, 0.2) is 0 Å². The highest BCUT2D eigenvalue weighted by Gasteiger charge is 2.29. The zero-order chi connectivity index (χ0) is 22.1. The molecule has 0 aliphatic carbocycles. The van der Waals surface area contributed by atoms with E-state index in [1.807, 2.05) is 18.2 Å². The molecule has 5 nitrogen and oxygen atoms in total. The highest BCUT2D eigenvalue weighted by atomic mass is 16.5. The maximum Gasteiger partial charge on any atom is 0.213 e. The van der Waals surface area contributed by atoms with Gasteiger partial charge >= 0.3 is 0 Å². The van der Waals surface area contributed by atoms with E-state index >= 15 is 0 Å². The second-order valence-corrected chi connectivity index (χ2v) is 8.95. The molecule has 1 N–H and O–H groups in total. The van der Waals surface area contributed by atoms with E-state index in [-0.39, 0.29) is 0 Å². The molecule has 2 aromatic heterocycles. The van der Waals surface area contributed by atoms with Crippen LogP contribution < -0.4 is 4.74 Å². The van der Waals surface area contributed by atoms with Crippen molar-refractivity contribution in [2.24, 2.45) is 11.8 Å². The van der Waals surface area contributed by atoms with E-state index in [1.165, 1.54) is 38.6 Å². The van der Waals surface area contributed by atoms with E-state index in [1.54, 1.807) is 13.3 Å². The summed E-state index contributed by atoms with van der Waals surface area (Å²) in [6.07, 6.45) is 12.7. The van der Waals surface area contributed by atoms with Gasteiger partial charge in [0.2, 0.25) is 5.88 Å². The van der Waals surface area contributed by atoms with E-state index in [0.717, 1.165) is 42.5 Å². The van der Waals surface area contributed by atoms with Crippen LogP contribution in [0.2, 0.25) is 0 Å². The molecule has 0 unspecified atom stereocenters. The lowest BCUT2D eigenvalue weighted by molar-refractivity contribution is 0.0839. The summed E-state index contributed by atoms with van der Waals surface area (Å²) in [6.45, 7) is 9.76. The van der Waals surface area contributed by atoms with Gasteiger partial charge in [-0.25, -0.2) is 4.98 Å². The van der Waals surface area contributed by atoms with Crippen LogP contribution in [0.3, 0.4) is 0 Å². The fraction of sp³-hybridized carbons (Fsp3) is 0.615. The first kappa shape index (κ1) is 23.7. The van der Waals surface area contributed by atoms with Crippen LogP contribution in [-0.4, -0.2) is 52.8 Å². The van der Waals surface area contributed by atoms with Crippen LogP contribution in [0, 0.1) is 11.8 Å². The van der Waals surface area contributed by atoms with Gasteiger partial charge in [-0.05, 0) is 61.9 Å². The van der Waals surface area contributed by atoms with Crippen molar-refractivity contribution in [3.63, 3.8) is 0 Å². The molecular weight excluding hydrogens is 386 g/mol. The van der Waals surface area contributed by atoms with Crippen LogP contribution in [0.1, 0.15) is 57.4 Å². The summed E-state index contributed by atoms with van der Waals surface area (Å²) in [6, 6.07) is 5.70. The third-order valence-electron chi connectivity index (χ3n) is 6.65. The van der Waals surface area contributed by atoms with Gasteiger partial charge in [0.25, 0.3) is 0 Å². The average Bonchev–Trinajstić information content (AvgIpc) is 2.79. The van der Waals surface area contributed by atoms with Crippen molar-refractivity contribution in [1.29, 1.82) is 0 Å². The molecule has 1 aliphatic rings. The number of piperidine rings is 1. The molecule has 0 amide bonds. The number of pyridine rings is 2. The molecule has 1 saturated heterocycles.